The minimum Gasteiger partial charge on any atom is -0.345 e. The molecule has 0 spiro atoms. The number of aromatic amines is 1. The van der Waals surface area contributed by atoms with Crippen molar-refractivity contribution in [2.45, 2.75) is 62.6 Å². The number of H-pyrrole nitrogens is 1. The van der Waals surface area contributed by atoms with Crippen molar-refractivity contribution in [3.8, 4) is 0 Å². The number of aromatic nitrogens is 6. The van der Waals surface area contributed by atoms with E-state index >= 15 is 0 Å². The number of hydrogen-bond donors (Lipinski definition) is 2. The number of rotatable bonds is 3. The largest absolute Gasteiger partial charge is 0.345 e. The highest BCUT2D eigenvalue weighted by atomic mass is 16.2. The molecule has 2 N–H and O–H groups in total. The number of amides is 1. The normalized spacial score (nSPS) is 36.5. The molecule has 9 heteroatoms. The molecule has 2 atom stereocenters. The molecule has 2 unspecified atom stereocenters. The van der Waals surface area contributed by atoms with Crippen LogP contribution in [0, 0.1) is 11.8 Å². The van der Waals surface area contributed by atoms with Gasteiger partial charge in [-0.15, -0.1) is 10.2 Å². The number of likely N-dealkylation sites (N-methyl/N-ethyl adjacent to an activating group) is 1. The molecule has 9 nitrogen and oxygen atoms in total. The average Bonchev–Trinajstić information content (AvgIpc) is 3.30. The number of nitrogens with zero attached hydrogens (tertiary/aromatic N) is 6. The molecule has 3 heterocycles. The highest BCUT2D eigenvalue weighted by Gasteiger charge is 2.60. The predicted molar refractivity (Wildman–Crippen MR) is 99.3 cm³/mol. The molecule has 1 amide bonds. The third kappa shape index (κ3) is 2.38. The zero-order chi connectivity index (χ0) is 18.9. The first-order chi connectivity index (χ1) is 13.5. The van der Waals surface area contributed by atoms with E-state index in [0.29, 0.717) is 17.5 Å². The molecule has 0 saturated heterocycles. The lowest BCUT2D eigenvalue weighted by Gasteiger charge is -2.61. The summed E-state index contributed by atoms with van der Waals surface area (Å²) in [4.78, 5) is 17.4. The lowest BCUT2D eigenvalue weighted by molar-refractivity contribution is -0.0811. The molecule has 4 saturated carbocycles. The van der Waals surface area contributed by atoms with Crippen molar-refractivity contribution in [2.24, 2.45) is 11.8 Å². The van der Waals surface area contributed by atoms with E-state index in [2.05, 4.69) is 42.9 Å². The van der Waals surface area contributed by atoms with Crippen molar-refractivity contribution < 1.29 is 4.79 Å². The van der Waals surface area contributed by atoms with Gasteiger partial charge in [-0.3, -0.25) is 9.89 Å². The molecule has 4 aliphatic carbocycles. The molecule has 1 aliphatic heterocycles. The van der Waals surface area contributed by atoms with E-state index in [1.807, 2.05) is 4.80 Å². The number of carbonyl (C=O) groups is 1. The lowest BCUT2D eigenvalue weighted by atomic mass is 9.50. The number of tetrazole rings is 1. The van der Waals surface area contributed by atoms with Crippen LogP contribution in [-0.2, 0) is 18.5 Å². The van der Waals surface area contributed by atoms with Crippen LogP contribution in [-0.4, -0.2) is 60.3 Å². The molecule has 2 aromatic rings. The Morgan fingerprint density at radius 3 is 2.86 bits per heavy atom. The summed E-state index contributed by atoms with van der Waals surface area (Å²) >= 11 is 0. The lowest BCUT2D eigenvalue weighted by Crippen LogP contribution is -2.66. The van der Waals surface area contributed by atoms with Gasteiger partial charge in [0.05, 0.1) is 5.54 Å². The maximum absolute atomic E-state index is 13.3. The summed E-state index contributed by atoms with van der Waals surface area (Å²) in [5.41, 5.74) is 2.46. The van der Waals surface area contributed by atoms with Crippen molar-refractivity contribution in [1.82, 2.24) is 40.6 Å². The number of nitrogens with one attached hydrogen (secondary N) is 2. The Hall–Kier alpha value is -2.29. The van der Waals surface area contributed by atoms with E-state index < -0.39 is 0 Å². The van der Waals surface area contributed by atoms with Gasteiger partial charge in [0.15, 0.2) is 12.0 Å². The van der Waals surface area contributed by atoms with Crippen molar-refractivity contribution in [3.63, 3.8) is 0 Å². The molecule has 5 aliphatic rings. The second kappa shape index (κ2) is 5.62. The third-order valence-electron chi connectivity index (χ3n) is 7.52. The zero-order valence-corrected chi connectivity index (χ0v) is 16.2. The van der Waals surface area contributed by atoms with Crippen molar-refractivity contribution in [1.29, 1.82) is 0 Å². The Morgan fingerprint density at radius 1 is 1.29 bits per heavy atom. The fourth-order valence-corrected chi connectivity index (χ4v) is 6.90. The van der Waals surface area contributed by atoms with Crippen LogP contribution < -0.4 is 5.32 Å². The van der Waals surface area contributed by atoms with Crippen LogP contribution in [0.1, 0.15) is 60.3 Å². The van der Waals surface area contributed by atoms with Gasteiger partial charge in [0.1, 0.15) is 0 Å². The van der Waals surface area contributed by atoms with Gasteiger partial charge in [0.2, 0.25) is 0 Å². The summed E-state index contributed by atoms with van der Waals surface area (Å²) in [6, 6.07) is 0. The van der Waals surface area contributed by atoms with Crippen molar-refractivity contribution in [2.75, 3.05) is 13.6 Å². The van der Waals surface area contributed by atoms with Crippen LogP contribution in [0.25, 0.3) is 0 Å². The molecule has 148 valence electrons. The second-order valence-electron chi connectivity index (χ2n) is 9.66. The molecular formula is C19H26N8O. The van der Waals surface area contributed by atoms with E-state index in [9.17, 15) is 4.79 Å². The summed E-state index contributed by atoms with van der Waals surface area (Å²) in [7, 11) is 2.09. The quantitative estimate of drug-likeness (QED) is 0.816. The van der Waals surface area contributed by atoms with Crippen LogP contribution >= 0.6 is 0 Å². The second-order valence-corrected chi connectivity index (χ2v) is 9.66. The molecule has 0 aromatic carbocycles. The molecule has 7 rings (SSSR count). The van der Waals surface area contributed by atoms with Gasteiger partial charge in [0, 0.05) is 36.3 Å². The zero-order valence-electron chi connectivity index (χ0n) is 16.2. The van der Waals surface area contributed by atoms with Crippen LogP contribution in [0.2, 0.25) is 0 Å². The van der Waals surface area contributed by atoms with E-state index in [4.69, 9.17) is 0 Å². The van der Waals surface area contributed by atoms with Crippen molar-refractivity contribution >= 4 is 5.91 Å². The average molecular weight is 382 g/mol. The maximum atomic E-state index is 13.3. The van der Waals surface area contributed by atoms with E-state index in [1.165, 1.54) is 12.7 Å². The summed E-state index contributed by atoms with van der Waals surface area (Å²) in [5, 5.41) is 23.5. The van der Waals surface area contributed by atoms with Crippen LogP contribution in [0.4, 0.5) is 0 Å². The van der Waals surface area contributed by atoms with Gasteiger partial charge in [-0.2, -0.15) is 9.90 Å². The van der Waals surface area contributed by atoms with E-state index in [-0.39, 0.29) is 17.0 Å². The first-order valence-electron chi connectivity index (χ1n) is 10.3. The van der Waals surface area contributed by atoms with Gasteiger partial charge in [-0.1, -0.05) is 0 Å². The van der Waals surface area contributed by atoms with Crippen molar-refractivity contribution in [3.05, 3.63) is 23.3 Å². The first kappa shape index (κ1) is 16.6. The SMILES string of the molecule is CN1CCc2[nH]nc(C(=O)NC34CC5CC(C3)CC(n3ncnn3)(C5)C4)c2C1. The molecule has 0 radical (unpaired) electrons. The summed E-state index contributed by atoms with van der Waals surface area (Å²) in [6.45, 7) is 1.77. The van der Waals surface area contributed by atoms with E-state index in [0.717, 1.165) is 62.9 Å². The van der Waals surface area contributed by atoms with Gasteiger partial charge >= 0.3 is 0 Å². The number of hydrogen-bond acceptors (Lipinski definition) is 6. The molecule has 28 heavy (non-hydrogen) atoms. The highest BCUT2D eigenvalue weighted by molar-refractivity contribution is 5.94. The fourth-order valence-electron chi connectivity index (χ4n) is 6.90. The maximum Gasteiger partial charge on any atom is 0.272 e. The Labute approximate surface area is 163 Å². The Balaban J connectivity index is 1.31. The summed E-state index contributed by atoms with van der Waals surface area (Å²) in [6.07, 6.45) is 8.90. The minimum absolute atomic E-state index is 0.0311. The summed E-state index contributed by atoms with van der Waals surface area (Å²) in [5.74, 6) is 1.20. The first-order valence-corrected chi connectivity index (χ1v) is 10.3. The topological polar surface area (TPSA) is 105 Å². The van der Waals surface area contributed by atoms with Gasteiger partial charge in [-0.05, 0) is 62.6 Å². The predicted octanol–water partition coefficient (Wildman–Crippen LogP) is 0.862. The minimum atomic E-state index is -0.179. The number of carbonyl (C=O) groups excluding carboxylic acids is 1. The van der Waals surface area contributed by atoms with Gasteiger partial charge in [0.25, 0.3) is 5.91 Å². The highest BCUT2D eigenvalue weighted by Crippen LogP contribution is 2.60. The molecule has 4 bridgehead atoms. The van der Waals surface area contributed by atoms with Gasteiger partial charge in [-0.25, -0.2) is 0 Å². The third-order valence-corrected chi connectivity index (χ3v) is 7.52. The fraction of sp³-hybridized carbons (Fsp3) is 0.737. The molecule has 2 aromatic heterocycles. The Morgan fingerprint density at radius 2 is 2.11 bits per heavy atom. The smallest absolute Gasteiger partial charge is 0.272 e. The Bertz CT molecular complexity index is 905. The summed E-state index contributed by atoms with van der Waals surface area (Å²) < 4.78 is 0. The van der Waals surface area contributed by atoms with Crippen LogP contribution in [0.15, 0.2) is 6.33 Å². The van der Waals surface area contributed by atoms with Gasteiger partial charge < -0.3 is 10.2 Å². The monoisotopic (exact) mass is 382 g/mol. The Kier molecular flexibility index (Phi) is 3.34. The van der Waals surface area contributed by atoms with E-state index in [1.54, 1.807) is 0 Å². The molecular weight excluding hydrogens is 356 g/mol. The van der Waals surface area contributed by atoms with Crippen LogP contribution in [0.5, 0.6) is 0 Å². The van der Waals surface area contributed by atoms with Crippen LogP contribution in [0.3, 0.4) is 0 Å². The molecule has 4 fully saturated rings. The standard InChI is InChI=1S/C19H26N8O/c1-26-3-2-15-14(9-26)16(24-23-15)17(28)22-18-5-12-4-13(6-18)8-19(7-12,10-18)27-21-11-20-25-27/h11-13H,2-10H2,1H3,(H,22,28)(H,23,24). The number of fused-ring (bicyclic) bond motifs is 1.